The Morgan fingerprint density at radius 3 is 2.48 bits per heavy atom. The maximum Gasteiger partial charge on any atom is 0.391 e. The smallest absolute Gasteiger partial charge is 0.391 e. The number of nitrogens with zero attached hydrogens (tertiary/aromatic N) is 1. The first kappa shape index (κ1) is 20.1. The first-order valence-corrected chi connectivity index (χ1v) is 10.0. The van der Waals surface area contributed by atoms with E-state index in [2.05, 4.69) is 10.6 Å². The molecule has 3 aliphatic rings. The number of carbonyl (C=O) groups excluding carboxylic acids is 1. The first-order valence-electron chi connectivity index (χ1n) is 10.0. The van der Waals surface area contributed by atoms with Crippen molar-refractivity contribution >= 4 is 23.0 Å². The average molecular weight is 412 g/mol. The Hall–Kier alpha value is -2.16. The number of nitrogen functional groups attached to an aromatic ring is 1. The summed E-state index contributed by atoms with van der Waals surface area (Å²) < 4.78 is 38.8. The number of β-amino-alcohol motifs (C(OH)–C–C–N with tert-alkyl or cyclic N) is 1. The molecular formula is C20H27F3N4O2. The fourth-order valence-electron chi connectivity index (χ4n) is 4.78. The largest absolute Gasteiger partial charge is 0.397 e. The quantitative estimate of drug-likeness (QED) is 0.571. The van der Waals surface area contributed by atoms with Crippen LogP contribution in [0.25, 0.3) is 0 Å². The summed E-state index contributed by atoms with van der Waals surface area (Å²) in [5, 5.41) is 15.6. The molecule has 1 spiro atoms. The SMILES string of the molecule is CNc1cc(N2CC(O)C2)c(C(=O)N[C@@H]2CC23CCC(C(F)(F)F)CC3)cc1N. The van der Waals surface area contributed by atoms with Crippen molar-refractivity contribution < 1.29 is 23.1 Å². The van der Waals surface area contributed by atoms with Crippen LogP contribution in [0.3, 0.4) is 0 Å². The second-order valence-electron chi connectivity index (χ2n) is 8.67. The van der Waals surface area contributed by atoms with Crippen LogP contribution in [0.1, 0.15) is 42.5 Å². The highest BCUT2D eigenvalue weighted by Gasteiger charge is 2.58. The Bertz CT molecular complexity index is 800. The lowest BCUT2D eigenvalue weighted by Crippen LogP contribution is -2.51. The summed E-state index contributed by atoms with van der Waals surface area (Å²) in [6.45, 7) is 0.888. The minimum absolute atomic E-state index is 0.0933. The molecule has 1 amide bonds. The lowest BCUT2D eigenvalue weighted by Gasteiger charge is -2.39. The van der Waals surface area contributed by atoms with E-state index in [4.69, 9.17) is 5.73 Å². The summed E-state index contributed by atoms with van der Waals surface area (Å²) in [6, 6.07) is 3.33. The van der Waals surface area contributed by atoms with Crippen LogP contribution in [0.15, 0.2) is 12.1 Å². The number of rotatable bonds is 4. The molecule has 2 saturated carbocycles. The van der Waals surface area contributed by atoms with E-state index < -0.39 is 18.2 Å². The van der Waals surface area contributed by atoms with Crippen LogP contribution in [0, 0.1) is 11.3 Å². The molecule has 9 heteroatoms. The molecule has 1 aromatic carbocycles. The molecule has 1 atom stereocenters. The predicted molar refractivity (Wildman–Crippen MR) is 105 cm³/mol. The number of anilines is 3. The Balaban J connectivity index is 1.45. The Morgan fingerprint density at radius 1 is 1.28 bits per heavy atom. The summed E-state index contributed by atoms with van der Waals surface area (Å²) in [6.07, 6.45) is -2.56. The van der Waals surface area contributed by atoms with Gasteiger partial charge in [0.05, 0.1) is 34.6 Å². The molecule has 160 valence electrons. The van der Waals surface area contributed by atoms with Crippen LogP contribution < -0.4 is 21.3 Å². The molecule has 0 unspecified atom stereocenters. The van der Waals surface area contributed by atoms with E-state index in [0.29, 0.717) is 48.6 Å². The molecule has 2 aliphatic carbocycles. The van der Waals surface area contributed by atoms with Gasteiger partial charge in [-0.15, -0.1) is 0 Å². The molecule has 4 rings (SSSR count). The van der Waals surface area contributed by atoms with Crippen molar-refractivity contribution in [3.8, 4) is 0 Å². The zero-order valence-electron chi connectivity index (χ0n) is 16.4. The molecule has 1 heterocycles. The number of halogens is 3. The summed E-state index contributed by atoms with van der Waals surface area (Å²) in [7, 11) is 1.74. The number of amides is 1. The number of alkyl halides is 3. The van der Waals surface area contributed by atoms with Crippen LogP contribution in [-0.2, 0) is 0 Å². The Labute approximate surface area is 167 Å². The molecule has 0 aromatic heterocycles. The van der Waals surface area contributed by atoms with Crippen LogP contribution in [0.2, 0.25) is 0 Å². The summed E-state index contributed by atoms with van der Waals surface area (Å²) >= 11 is 0. The van der Waals surface area contributed by atoms with E-state index in [0.717, 1.165) is 6.42 Å². The summed E-state index contributed by atoms with van der Waals surface area (Å²) in [4.78, 5) is 14.9. The number of nitrogens with two attached hydrogens (primary N) is 1. The van der Waals surface area contributed by atoms with Crippen molar-refractivity contribution in [3.63, 3.8) is 0 Å². The highest BCUT2D eigenvalue weighted by molar-refractivity contribution is 6.02. The zero-order chi connectivity index (χ0) is 21.0. The van der Waals surface area contributed by atoms with Gasteiger partial charge in [-0.05, 0) is 49.7 Å². The van der Waals surface area contributed by atoms with Gasteiger partial charge >= 0.3 is 6.18 Å². The highest BCUT2D eigenvalue weighted by atomic mass is 19.4. The molecule has 1 aromatic rings. The number of hydrogen-bond acceptors (Lipinski definition) is 5. The van der Waals surface area contributed by atoms with Gasteiger partial charge in [-0.2, -0.15) is 13.2 Å². The van der Waals surface area contributed by atoms with Crippen LogP contribution in [0.4, 0.5) is 30.2 Å². The minimum Gasteiger partial charge on any atom is -0.397 e. The molecule has 1 aliphatic heterocycles. The molecule has 0 radical (unpaired) electrons. The van der Waals surface area contributed by atoms with Gasteiger partial charge in [-0.1, -0.05) is 0 Å². The Morgan fingerprint density at radius 2 is 1.93 bits per heavy atom. The lowest BCUT2D eigenvalue weighted by atomic mass is 9.79. The second kappa shape index (κ2) is 6.97. The predicted octanol–water partition coefficient (Wildman–Crippen LogP) is 2.73. The third-order valence-electron chi connectivity index (χ3n) is 6.82. The van der Waals surface area contributed by atoms with E-state index in [1.165, 1.54) is 0 Å². The number of aliphatic hydroxyl groups is 1. The van der Waals surface area contributed by atoms with Crippen molar-refractivity contribution in [3.05, 3.63) is 17.7 Å². The van der Waals surface area contributed by atoms with E-state index in [9.17, 15) is 23.1 Å². The first-order chi connectivity index (χ1) is 13.6. The third kappa shape index (κ3) is 3.72. The highest BCUT2D eigenvalue weighted by Crippen LogP contribution is 2.59. The molecule has 6 nitrogen and oxygen atoms in total. The maximum absolute atomic E-state index is 13.0. The lowest BCUT2D eigenvalue weighted by molar-refractivity contribution is -0.184. The van der Waals surface area contributed by atoms with Crippen molar-refractivity contribution in [1.82, 2.24) is 5.32 Å². The van der Waals surface area contributed by atoms with E-state index in [1.807, 2.05) is 4.90 Å². The standard InChI is InChI=1S/C20H27F3N4O2/c1-25-15-7-16(27-9-12(28)10-27)13(6-14(15)24)18(29)26-17-8-19(17)4-2-11(3-5-19)20(21,22)23/h6-7,11-12,17,25,28H,2-5,8-10,24H2,1H3,(H,26,29)/t11?,17-,19?/m1/s1. The van der Waals surface area contributed by atoms with Crippen molar-refractivity contribution in [2.24, 2.45) is 11.3 Å². The van der Waals surface area contributed by atoms with Crippen molar-refractivity contribution in [2.45, 2.75) is 50.4 Å². The molecule has 3 fully saturated rings. The third-order valence-corrected chi connectivity index (χ3v) is 6.82. The fourth-order valence-corrected chi connectivity index (χ4v) is 4.78. The number of aliphatic hydroxyl groups excluding tert-OH is 1. The van der Waals surface area contributed by atoms with Gasteiger partial charge in [0.15, 0.2) is 0 Å². The molecule has 1 saturated heterocycles. The molecule has 29 heavy (non-hydrogen) atoms. The van der Waals surface area contributed by atoms with Crippen molar-refractivity contribution in [1.29, 1.82) is 0 Å². The molecular weight excluding hydrogens is 385 g/mol. The van der Waals surface area contributed by atoms with Crippen LogP contribution in [-0.4, -0.2) is 49.5 Å². The maximum atomic E-state index is 13.0. The van der Waals surface area contributed by atoms with Gasteiger partial charge < -0.3 is 26.4 Å². The summed E-state index contributed by atoms with van der Waals surface area (Å²) in [5.74, 6) is -1.49. The average Bonchev–Trinajstić information content (AvgIpc) is 3.29. The topological polar surface area (TPSA) is 90.6 Å². The zero-order valence-corrected chi connectivity index (χ0v) is 16.4. The monoisotopic (exact) mass is 412 g/mol. The number of benzene rings is 1. The van der Waals surface area contributed by atoms with E-state index in [-0.39, 0.29) is 30.2 Å². The van der Waals surface area contributed by atoms with Gasteiger partial charge in [-0.3, -0.25) is 4.79 Å². The van der Waals surface area contributed by atoms with Gasteiger partial charge in [-0.25, -0.2) is 0 Å². The fraction of sp³-hybridized carbons (Fsp3) is 0.650. The molecule has 0 bridgehead atoms. The minimum atomic E-state index is -4.13. The van der Waals surface area contributed by atoms with Crippen LogP contribution in [0.5, 0.6) is 0 Å². The van der Waals surface area contributed by atoms with Crippen molar-refractivity contribution in [2.75, 3.05) is 36.1 Å². The number of hydrogen-bond donors (Lipinski definition) is 4. The second-order valence-corrected chi connectivity index (χ2v) is 8.67. The van der Waals surface area contributed by atoms with E-state index >= 15 is 0 Å². The normalized spacial score (nSPS) is 29.5. The Kier molecular flexibility index (Phi) is 4.83. The number of nitrogens with one attached hydrogen (secondary N) is 2. The van der Waals surface area contributed by atoms with Gasteiger partial charge in [0.25, 0.3) is 5.91 Å². The van der Waals surface area contributed by atoms with Gasteiger partial charge in [0, 0.05) is 26.2 Å². The summed E-state index contributed by atoms with van der Waals surface area (Å²) in [5.41, 5.74) is 8.12. The number of carbonyl (C=O) groups is 1. The van der Waals surface area contributed by atoms with Gasteiger partial charge in [0.1, 0.15) is 0 Å². The van der Waals surface area contributed by atoms with Crippen LogP contribution >= 0.6 is 0 Å². The van der Waals surface area contributed by atoms with E-state index in [1.54, 1.807) is 19.2 Å². The molecule has 5 N–H and O–H groups in total. The van der Waals surface area contributed by atoms with Gasteiger partial charge in [0.2, 0.25) is 0 Å².